The second kappa shape index (κ2) is 10.1. The molecular weight excluding hydrogens is 472 g/mol. The molecule has 6 nitrogen and oxygen atoms in total. The Bertz CT molecular complexity index is 1510. The predicted octanol–water partition coefficient (Wildman–Crippen LogP) is 7.25. The van der Waals surface area contributed by atoms with Crippen molar-refractivity contribution in [3.63, 3.8) is 0 Å². The second-order valence-electron chi connectivity index (χ2n) is 8.31. The van der Waals surface area contributed by atoms with Gasteiger partial charge in [-0.2, -0.15) is 0 Å². The van der Waals surface area contributed by atoms with E-state index in [1.807, 2.05) is 86.6 Å². The van der Waals surface area contributed by atoms with Gasteiger partial charge in [0.25, 0.3) is 5.91 Å². The van der Waals surface area contributed by atoms with Crippen LogP contribution in [0.5, 0.6) is 11.5 Å². The van der Waals surface area contributed by atoms with Gasteiger partial charge in [0, 0.05) is 16.3 Å². The van der Waals surface area contributed by atoms with Crippen molar-refractivity contribution in [2.24, 2.45) is 0 Å². The highest BCUT2D eigenvalue weighted by Gasteiger charge is 2.20. The lowest BCUT2D eigenvalue weighted by atomic mass is 10.1. The standard InChI is InChI=1S/C29H23ClN4O2/c1-19-11-13-21(14-12-19)28-32-27(33-34(28)26-10-6-9-25(30)20(26)2)29(35)31-22-15-17-24(18-16-22)36-23-7-4-3-5-8-23/h3-18H,1-2H3,(H,31,35). The van der Waals surface area contributed by atoms with Crippen LogP contribution >= 0.6 is 11.6 Å². The third-order valence-corrected chi connectivity index (χ3v) is 6.09. The Morgan fingerprint density at radius 2 is 1.53 bits per heavy atom. The summed E-state index contributed by atoms with van der Waals surface area (Å²) >= 11 is 6.37. The zero-order chi connectivity index (χ0) is 25.1. The highest BCUT2D eigenvalue weighted by molar-refractivity contribution is 6.31. The van der Waals surface area contributed by atoms with Crippen LogP contribution < -0.4 is 10.1 Å². The summed E-state index contributed by atoms with van der Waals surface area (Å²) in [4.78, 5) is 17.7. The van der Waals surface area contributed by atoms with Gasteiger partial charge in [-0.1, -0.05) is 65.7 Å². The number of anilines is 1. The van der Waals surface area contributed by atoms with Crippen LogP contribution in [0.4, 0.5) is 5.69 Å². The van der Waals surface area contributed by atoms with Crippen molar-refractivity contribution in [3.8, 4) is 28.6 Å². The summed E-state index contributed by atoms with van der Waals surface area (Å²) in [5.41, 5.74) is 4.17. The van der Waals surface area contributed by atoms with Crippen molar-refractivity contribution in [2.45, 2.75) is 13.8 Å². The Balaban J connectivity index is 1.43. The maximum Gasteiger partial charge on any atom is 0.295 e. The third-order valence-electron chi connectivity index (χ3n) is 5.68. The van der Waals surface area contributed by atoms with Crippen molar-refractivity contribution in [1.82, 2.24) is 14.8 Å². The number of hydrogen-bond acceptors (Lipinski definition) is 4. The van der Waals surface area contributed by atoms with Crippen molar-refractivity contribution in [1.29, 1.82) is 0 Å². The van der Waals surface area contributed by atoms with Crippen LogP contribution in [-0.2, 0) is 0 Å². The molecular formula is C29H23ClN4O2. The molecule has 0 aliphatic carbocycles. The monoisotopic (exact) mass is 494 g/mol. The summed E-state index contributed by atoms with van der Waals surface area (Å²) < 4.78 is 7.48. The first-order valence-electron chi connectivity index (χ1n) is 11.4. The Hall–Kier alpha value is -4.42. The van der Waals surface area contributed by atoms with Crippen molar-refractivity contribution in [3.05, 3.63) is 119 Å². The Kier molecular flexibility index (Phi) is 6.52. The van der Waals surface area contributed by atoms with E-state index in [0.717, 1.165) is 28.1 Å². The molecule has 7 heteroatoms. The molecule has 1 amide bonds. The van der Waals surface area contributed by atoms with Crippen LogP contribution in [0.2, 0.25) is 5.02 Å². The summed E-state index contributed by atoms with van der Waals surface area (Å²) in [6.45, 7) is 3.93. The smallest absolute Gasteiger partial charge is 0.295 e. The maximum atomic E-state index is 13.1. The number of ether oxygens (including phenoxy) is 1. The van der Waals surface area contributed by atoms with E-state index in [4.69, 9.17) is 16.3 Å². The molecule has 5 rings (SSSR count). The van der Waals surface area contributed by atoms with Gasteiger partial charge < -0.3 is 10.1 Å². The molecule has 178 valence electrons. The van der Waals surface area contributed by atoms with E-state index in [0.29, 0.717) is 22.3 Å². The Morgan fingerprint density at radius 3 is 2.25 bits per heavy atom. The summed E-state index contributed by atoms with van der Waals surface area (Å²) in [6.07, 6.45) is 0. The average Bonchev–Trinajstić information content (AvgIpc) is 3.33. The lowest BCUT2D eigenvalue weighted by Gasteiger charge is -2.10. The highest BCUT2D eigenvalue weighted by Crippen LogP contribution is 2.28. The molecule has 0 atom stereocenters. The number of carbonyl (C=O) groups excluding carboxylic acids is 1. The third kappa shape index (κ3) is 4.99. The number of carbonyl (C=O) groups is 1. The SMILES string of the molecule is Cc1ccc(-c2nc(C(=O)Nc3ccc(Oc4ccccc4)cc3)nn2-c2cccc(Cl)c2C)cc1. The van der Waals surface area contributed by atoms with Gasteiger partial charge in [0.2, 0.25) is 5.82 Å². The van der Waals surface area contributed by atoms with Crippen molar-refractivity contribution >= 4 is 23.2 Å². The lowest BCUT2D eigenvalue weighted by molar-refractivity contribution is 0.101. The molecule has 0 spiro atoms. The number of benzene rings is 4. The second-order valence-corrected chi connectivity index (χ2v) is 8.72. The Labute approximate surface area is 214 Å². The predicted molar refractivity (Wildman–Crippen MR) is 142 cm³/mol. The zero-order valence-corrected chi connectivity index (χ0v) is 20.5. The van der Waals surface area contributed by atoms with Crippen molar-refractivity contribution in [2.75, 3.05) is 5.32 Å². The van der Waals surface area contributed by atoms with E-state index in [-0.39, 0.29) is 5.82 Å². The molecule has 36 heavy (non-hydrogen) atoms. The van der Waals surface area contributed by atoms with Gasteiger partial charge >= 0.3 is 0 Å². The molecule has 0 bridgehead atoms. The number of rotatable bonds is 6. The molecule has 0 fully saturated rings. The number of aryl methyl sites for hydroxylation is 1. The molecule has 0 radical (unpaired) electrons. The fourth-order valence-electron chi connectivity index (χ4n) is 3.71. The van der Waals surface area contributed by atoms with Gasteiger partial charge in [-0.3, -0.25) is 4.79 Å². The summed E-state index contributed by atoms with van der Waals surface area (Å²) in [5, 5.41) is 8.04. The molecule has 4 aromatic carbocycles. The van der Waals surface area contributed by atoms with E-state index < -0.39 is 5.91 Å². The number of para-hydroxylation sites is 1. The molecule has 0 aliphatic heterocycles. The Morgan fingerprint density at radius 1 is 0.833 bits per heavy atom. The van der Waals surface area contributed by atoms with Crippen LogP contribution in [0.1, 0.15) is 21.7 Å². The molecule has 1 N–H and O–H groups in total. The number of halogens is 1. The molecule has 0 saturated heterocycles. The van der Waals surface area contributed by atoms with Gasteiger partial charge in [-0.15, -0.1) is 5.10 Å². The summed E-state index contributed by atoms with van der Waals surface area (Å²) in [5.74, 6) is 1.59. The fraction of sp³-hybridized carbons (Fsp3) is 0.0690. The van der Waals surface area contributed by atoms with Gasteiger partial charge in [0.05, 0.1) is 5.69 Å². The lowest BCUT2D eigenvalue weighted by Crippen LogP contribution is -2.14. The first kappa shape index (κ1) is 23.3. The minimum atomic E-state index is -0.418. The van der Waals surface area contributed by atoms with Crippen LogP contribution in [0, 0.1) is 13.8 Å². The molecule has 1 heterocycles. The number of hydrogen-bond donors (Lipinski definition) is 1. The number of nitrogens with one attached hydrogen (secondary N) is 1. The van der Waals surface area contributed by atoms with Gasteiger partial charge in [0.1, 0.15) is 11.5 Å². The minimum absolute atomic E-state index is 0.0505. The molecule has 5 aromatic rings. The van der Waals surface area contributed by atoms with Crippen LogP contribution in [0.3, 0.4) is 0 Å². The summed E-state index contributed by atoms with van der Waals surface area (Å²) in [7, 11) is 0. The molecule has 0 unspecified atom stereocenters. The molecule has 1 aromatic heterocycles. The molecule has 0 saturated carbocycles. The van der Waals surface area contributed by atoms with Gasteiger partial charge in [-0.25, -0.2) is 9.67 Å². The first-order valence-corrected chi connectivity index (χ1v) is 11.8. The number of amides is 1. The first-order chi connectivity index (χ1) is 17.5. The van der Waals surface area contributed by atoms with Crippen LogP contribution in [0.15, 0.2) is 97.1 Å². The van der Waals surface area contributed by atoms with E-state index in [1.165, 1.54) is 0 Å². The van der Waals surface area contributed by atoms with E-state index in [2.05, 4.69) is 15.4 Å². The van der Waals surface area contributed by atoms with E-state index in [1.54, 1.807) is 28.9 Å². The number of nitrogens with zero attached hydrogens (tertiary/aromatic N) is 3. The van der Waals surface area contributed by atoms with E-state index >= 15 is 0 Å². The normalized spacial score (nSPS) is 10.8. The molecule has 0 aliphatic rings. The average molecular weight is 495 g/mol. The highest BCUT2D eigenvalue weighted by atomic mass is 35.5. The summed E-state index contributed by atoms with van der Waals surface area (Å²) in [6, 6.07) is 30.1. The number of aromatic nitrogens is 3. The fourth-order valence-corrected chi connectivity index (χ4v) is 3.88. The minimum Gasteiger partial charge on any atom is -0.457 e. The van der Waals surface area contributed by atoms with Crippen molar-refractivity contribution < 1.29 is 9.53 Å². The van der Waals surface area contributed by atoms with Gasteiger partial charge in [-0.05, 0) is 67.9 Å². The van der Waals surface area contributed by atoms with E-state index in [9.17, 15) is 4.79 Å². The van der Waals surface area contributed by atoms with Crippen LogP contribution in [-0.4, -0.2) is 20.7 Å². The largest absolute Gasteiger partial charge is 0.457 e. The van der Waals surface area contributed by atoms with Gasteiger partial charge in [0.15, 0.2) is 5.82 Å². The van der Waals surface area contributed by atoms with Crippen LogP contribution in [0.25, 0.3) is 17.1 Å². The zero-order valence-electron chi connectivity index (χ0n) is 19.8. The maximum absolute atomic E-state index is 13.1. The quantitative estimate of drug-likeness (QED) is 0.270. The topological polar surface area (TPSA) is 69.0 Å².